The van der Waals surface area contributed by atoms with Crippen molar-refractivity contribution in [2.24, 2.45) is 0 Å². The van der Waals surface area contributed by atoms with Crippen molar-refractivity contribution in [2.75, 3.05) is 40.3 Å². The van der Waals surface area contributed by atoms with Gasteiger partial charge in [0.05, 0.1) is 11.7 Å². The van der Waals surface area contributed by atoms with E-state index in [0.717, 1.165) is 49.5 Å². The molecule has 1 amide bonds. The molecule has 0 atom stereocenters. The van der Waals surface area contributed by atoms with Gasteiger partial charge >= 0.3 is 0 Å². The maximum absolute atomic E-state index is 12.5. The van der Waals surface area contributed by atoms with Gasteiger partial charge in [0.15, 0.2) is 5.69 Å². The molecule has 1 fully saturated rings. The van der Waals surface area contributed by atoms with Crippen LogP contribution in [0.2, 0.25) is 0 Å². The second kappa shape index (κ2) is 9.66. The molecule has 0 saturated carbocycles. The van der Waals surface area contributed by atoms with Crippen molar-refractivity contribution in [3.63, 3.8) is 0 Å². The van der Waals surface area contributed by atoms with Crippen LogP contribution in [0.15, 0.2) is 24.3 Å². The van der Waals surface area contributed by atoms with Gasteiger partial charge in [-0.3, -0.25) is 4.79 Å². The Morgan fingerprint density at radius 3 is 2.68 bits per heavy atom. The summed E-state index contributed by atoms with van der Waals surface area (Å²) in [6.07, 6.45) is 2.02. The third-order valence-corrected chi connectivity index (χ3v) is 4.98. The summed E-state index contributed by atoms with van der Waals surface area (Å²) in [5.74, 6) is 0.640. The van der Waals surface area contributed by atoms with Crippen LogP contribution >= 0.6 is 0 Å². The highest BCUT2D eigenvalue weighted by Gasteiger charge is 2.22. The summed E-state index contributed by atoms with van der Waals surface area (Å²) in [6, 6.07) is 8.09. The van der Waals surface area contributed by atoms with Gasteiger partial charge in [-0.1, -0.05) is 17.3 Å². The monoisotopic (exact) mass is 386 g/mol. The first-order chi connectivity index (χ1) is 13.5. The summed E-state index contributed by atoms with van der Waals surface area (Å²) in [6.45, 7) is 5.82. The average Bonchev–Trinajstić information content (AvgIpc) is 3.09. The molecule has 1 aliphatic rings. The molecule has 1 saturated heterocycles. The molecule has 0 aliphatic carbocycles. The van der Waals surface area contributed by atoms with E-state index >= 15 is 0 Å². The third-order valence-electron chi connectivity index (χ3n) is 4.98. The highest BCUT2D eigenvalue weighted by Crippen LogP contribution is 2.20. The number of amides is 1. The number of likely N-dealkylation sites (N-methyl/N-ethyl adjacent to an activating group) is 1. The SMILES string of the molecule is Cc1c(C(=O)NCc2ccc(OCCN(C)C)cc2)nnn1C1CCNCC1. The second-order valence-electron chi connectivity index (χ2n) is 7.43. The molecule has 3 rings (SSSR count). The van der Waals surface area contributed by atoms with E-state index in [0.29, 0.717) is 24.9 Å². The number of carbonyl (C=O) groups excluding carboxylic acids is 1. The fourth-order valence-corrected chi connectivity index (χ4v) is 3.26. The van der Waals surface area contributed by atoms with Crippen LogP contribution in [-0.4, -0.2) is 66.1 Å². The first-order valence-electron chi connectivity index (χ1n) is 9.82. The van der Waals surface area contributed by atoms with Crippen molar-refractivity contribution in [3.8, 4) is 5.75 Å². The molecule has 2 aromatic rings. The maximum Gasteiger partial charge on any atom is 0.274 e. The number of piperidine rings is 1. The minimum Gasteiger partial charge on any atom is -0.492 e. The molecule has 0 radical (unpaired) electrons. The van der Waals surface area contributed by atoms with E-state index in [9.17, 15) is 4.79 Å². The van der Waals surface area contributed by atoms with Gasteiger partial charge < -0.3 is 20.3 Å². The van der Waals surface area contributed by atoms with Gasteiger partial charge in [-0.15, -0.1) is 5.10 Å². The molecule has 0 unspecified atom stereocenters. The zero-order valence-electron chi connectivity index (χ0n) is 16.9. The van der Waals surface area contributed by atoms with Crippen molar-refractivity contribution in [2.45, 2.75) is 32.4 Å². The van der Waals surface area contributed by atoms with Gasteiger partial charge in [0.2, 0.25) is 0 Å². The van der Waals surface area contributed by atoms with Crippen LogP contribution in [0.5, 0.6) is 5.75 Å². The van der Waals surface area contributed by atoms with Gasteiger partial charge in [-0.2, -0.15) is 0 Å². The van der Waals surface area contributed by atoms with Crippen LogP contribution in [0.1, 0.15) is 40.6 Å². The van der Waals surface area contributed by atoms with E-state index in [4.69, 9.17) is 4.74 Å². The number of hydrogen-bond donors (Lipinski definition) is 2. The van der Waals surface area contributed by atoms with E-state index in [1.165, 1.54) is 0 Å². The molecule has 1 aromatic carbocycles. The molecular weight excluding hydrogens is 356 g/mol. The maximum atomic E-state index is 12.5. The number of ether oxygens (including phenoxy) is 1. The van der Waals surface area contributed by atoms with Crippen molar-refractivity contribution in [1.29, 1.82) is 0 Å². The molecule has 28 heavy (non-hydrogen) atoms. The summed E-state index contributed by atoms with van der Waals surface area (Å²) >= 11 is 0. The molecule has 0 bridgehead atoms. The van der Waals surface area contributed by atoms with E-state index in [1.54, 1.807) is 0 Å². The fraction of sp³-hybridized carbons (Fsp3) is 0.550. The standard InChI is InChI=1S/C20H30N6O2/c1-15-19(23-24-26(15)17-8-10-21-11-9-17)20(27)22-14-16-4-6-18(7-5-16)28-13-12-25(2)3/h4-7,17,21H,8-14H2,1-3H3,(H,22,27). The number of aromatic nitrogens is 3. The predicted molar refractivity (Wildman–Crippen MR) is 108 cm³/mol. The number of nitrogens with zero attached hydrogens (tertiary/aromatic N) is 4. The lowest BCUT2D eigenvalue weighted by molar-refractivity contribution is 0.0945. The summed E-state index contributed by atoms with van der Waals surface area (Å²) in [4.78, 5) is 14.6. The smallest absolute Gasteiger partial charge is 0.274 e. The van der Waals surface area contributed by atoms with Gasteiger partial charge in [0.1, 0.15) is 12.4 Å². The molecule has 1 aliphatic heterocycles. The van der Waals surface area contributed by atoms with Gasteiger partial charge in [0, 0.05) is 13.1 Å². The van der Waals surface area contributed by atoms with Crippen LogP contribution in [0, 0.1) is 6.92 Å². The first kappa shape index (κ1) is 20.3. The number of hydrogen-bond acceptors (Lipinski definition) is 6. The first-order valence-corrected chi connectivity index (χ1v) is 9.82. The van der Waals surface area contributed by atoms with Crippen LogP contribution in [0.3, 0.4) is 0 Å². The van der Waals surface area contributed by atoms with E-state index < -0.39 is 0 Å². The zero-order valence-corrected chi connectivity index (χ0v) is 16.9. The molecular formula is C20H30N6O2. The normalized spacial score (nSPS) is 15.0. The fourth-order valence-electron chi connectivity index (χ4n) is 3.26. The summed E-state index contributed by atoms with van der Waals surface area (Å²) in [5.41, 5.74) is 2.24. The lowest BCUT2D eigenvalue weighted by atomic mass is 10.1. The number of nitrogens with one attached hydrogen (secondary N) is 2. The Balaban J connectivity index is 1.52. The van der Waals surface area contributed by atoms with Crippen molar-refractivity contribution in [1.82, 2.24) is 30.5 Å². The minimum atomic E-state index is -0.191. The molecule has 2 heterocycles. The Morgan fingerprint density at radius 2 is 2.00 bits per heavy atom. The van der Waals surface area contributed by atoms with E-state index in [1.807, 2.05) is 50.0 Å². The Labute approximate surface area is 166 Å². The van der Waals surface area contributed by atoms with Crippen LogP contribution in [-0.2, 0) is 6.54 Å². The zero-order chi connectivity index (χ0) is 19.9. The Bertz CT molecular complexity index is 766. The molecule has 8 nitrogen and oxygen atoms in total. The van der Waals surface area contributed by atoms with Crippen molar-refractivity contribution < 1.29 is 9.53 Å². The molecule has 1 aromatic heterocycles. The predicted octanol–water partition coefficient (Wildman–Crippen LogP) is 1.38. The van der Waals surface area contributed by atoms with Crippen LogP contribution in [0.25, 0.3) is 0 Å². The van der Waals surface area contributed by atoms with Crippen LogP contribution < -0.4 is 15.4 Å². The summed E-state index contributed by atoms with van der Waals surface area (Å²) in [7, 11) is 4.03. The third kappa shape index (κ3) is 5.30. The highest BCUT2D eigenvalue weighted by atomic mass is 16.5. The average molecular weight is 387 g/mol. The summed E-state index contributed by atoms with van der Waals surface area (Å²) < 4.78 is 7.59. The number of benzene rings is 1. The largest absolute Gasteiger partial charge is 0.492 e. The van der Waals surface area contributed by atoms with E-state index in [2.05, 4.69) is 25.8 Å². The lowest BCUT2D eigenvalue weighted by Gasteiger charge is -2.23. The van der Waals surface area contributed by atoms with Gasteiger partial charge in [-0.25, -0.2) is 4.68 Å². The lowest BCUT2D eigenvalue weighted by Crippen LogP contribution is -2.30. The molecule has 8 heteroatoms. The number of rotatable bonds is 8. The molecule has 0 spiro atoms. The topological polar surface area (TPSA) is 84.3 Å². The Kier molecular flexibility index (Phi) is 7.00. The summed E-state index contributed by atoms with van der Waals surface area (Å²) in [5, 5.41) is 14.6. The highest BCUT2D eigenvalue weighted by molar-refractivity contribution is 5.93. The Hall–Kier alpha value is -2.45. The molecule has 2 N–H and O–H groups in total. The van der Waals surface area contributed by atoms with Gasteiger partial charge in [-0.05, 0) is 64.6 Å². The quantitative estimate of drug-likeness (QED) is 0.713. The van der Waals surface area contributed by atoms with E-state index in [-0.39, 0.29) is 5.91 Å². The minimum absolute atomic E-state index is 0.191. The Morgan fingerprint density at radius 1 is 1.29 bits per heavy atom. The van der Waals surface area contributed by atoms with Crippen LogP contribution in [0.4, 0.5) is 0 Å². The van der Waals surface area contributed by atoms with Crippen molar-refractivity contribution >= 4 is 5.91 Å². The second-order valence-corrected chi connectivity index (χ2v) is 7.43. The van der Waals surface area contributed by atoms with Crippen molar-refractivity contribution in [3.05, 3.63) is 41.2 Å². The van der Waals surface area contributed by atoms with Gasteiger partial charge in [0.25, 0.3) is 5.91 Å². The molecule has 152 valence electrons. The number of carbonyl (C=O) groups is 1.